The Balaban J connectivity index is 1.60. The van der Waals surface area contributed by atoms with Crippen molar-refractivity contribution in [2.75, 3.05) is 11.4 Å². The lowest BCUT2D eigenvalue weighted by atomic mass is 9.97. The number of aromatic nitrogens is 3. The van der Waals surface area contributed by atoms with Crippen LogP contribution in [-0.4, -0.2) is 33.0 Å². The van der Waals surface area contributed by atoms with Gasteiger partial charge < -0.3 is 10.6 Å². The first-order valence-corrected chi connectivity index (χ1v) is 9.91. The number of primary amides is 1. The molecule has 4 rings (SSSR count). The van der Waals surface area contributed by atoms with E-state index in [9.17, 15) is 9.59 Å². The summed E-state index contributed by atoms with van der Waals surface area (Å²) in [7, 11) is 0. The van der Waals surface area contributed by atoms with Gasteiger partial charge in [0, 0.05) is 30.0 Å². The van der Waals surface area contributed by atoms with Crippen molar-refractivity contribution >= 4 is 23.1 Å². The predicted octanol–water partition coefficient (Wildman–Crippen LogP) is 2.67. The highest BCUT2D eigenvalue weighted by atomic mass is 16.2. The second-order valence-electron chi connectivity index (χ2n) is 7.65. The summed E-state index contributed by atoms with van der Waals surface area (Å²) in [6.45, 7) is 6.64. The molecule has 29 heavy (non-hydrogen) atoms. The molecule has 0 unspecified atom stereocenters. The van der Waals surface area contributed by atoms with Crippen molar-refractivity contribution in [1.29, 1.82) is 0 Å². The predicted molar refractivity (Wildman–Crippen MR) is 111 cm³/mol. The summed E-state index contributed by atoms with van der Waals surface area (Å²) < 4.78 is 1.63. The van der Waals surface area contributed by atoms with Crippen molar-refractivity contribution < 1.29 is 9.59 Å². The Morgan fingerprint density at radius 2 is 2.00 bits per heavy atom. The highest BCUT2D eigenvalue weighted by molar-refractivity contribution is 5.98. The summed E-state index contributed by atoms with van der Waals surface area (Å²) in [6, 6.07) is 6.23. The van der Waals surface area contributed by atoms with E-state index in [1.54, 1.807) is 4.52 Å². The van der Waals surface area contributed by atoms with Gasteiger partial charge in [-0.1, -0.05) is 18.2 Å². The third kappa shape index (κ3) is 3.26. The number of para-hydroxylation sites is 1. The number of rotatable bonds is 4. The van der Waals surface area contributed by atoms with Crippen molar-refractivity contribution in [3.8, 4) is 0 Å². The Morgan fingerprint density at radius 3 is 2.76 bits per heavy atom. The second-order valence-corrected chi connectivity index (χ2v) is 7.65. The minimum atomic E-state index is -0.548. The van der Waals surface area contributed by atoms with Gasteiger partial charge in [-0.2, -0.15) is 5.10 Å². The molecule has 0 fully saturated rings. The van der Waals surface area contributed by atoms with Crippen LogP contribution < -0.4 is 10.6 Å². The van der Waals surface area contributed by atoms with Crippen molar-refractivity contribution in [3.05, 3.63) is 58.0 Å². The number of carbonyl (C=O) groups is 2. The van der Waals surface area contributed by atoms with Crippen LogP contribution in [0.5, 0.6) is 0 Å². The SMILES string of the molecule is Cc1cccc2c1N(C(=O)CCc1c(C)nc3c(C(N)=O)cnn3c1C)CCC2. The van der Waals surface area contributed by atoms with Crippen LogP contribution in [0.4, 0.5) is 5.69 Å². The lowest BCUT2D eigenvalue weighted by molar-refractivity contribution is -0.118. The molecule has 3 aromatic rings. The molecular weight excluding hydrogens is 366 g/mol. The molecule has 0 aliphatic carbocycles. The summed E-state index contributed by atoms with van der Waals surface area (Å²) in [5.74, 6) is -0.425. The van der Waals surface area contributed by atoms with Crippen molar-refractivity contribution in [2.24, 2.45) is 5.73 Å². The number of fused-ring (bicyclic) bond motifs is 2. The lowest BCUT2D eigenvalue weighted by Gasteiger charge is -2.31. The van der Waals surface area contributed by atoms with Gasteiger partial charge in [-0.05, 0) is 56.7 Å². The minimum absolute atomic E-state index is 0.123. The molecule has 0 atom stereocenters. The van der Waals surface area contributed by atoms with Gasteiger partial charge in [-0.15, -0.1) is 0 Å². The molecule has 1 aliphatic rings. The summed E-state index contributed by atoms with van der Waals surface area (Å²) in [4.78, 5) is 31.1. The monoisotopic (exact) mass is 391 g/mol. The van der Waals surface area contributed by atoms with Crippen LogP contribution in [0.1, 0.15) is 51.3 Å². The molecule has 7 nitrogen and oxygen atoms in total. The van der Waals surface area contributed by atoms with Crippen molar-refractivity contribution in [1.82, 2.24) is 14.6 Å². The minimum Gasteiger partial charge on any atom is -0.365 e. The highest BCUT2D eigenvalue weighted by Gasteiger charge is 2.24. The lowest BCUT2D eigenvalue weighted by Crippen LogP contribution is -2.36. The topological polar surface area (TPSA) is 93.6 Å². The molecule has 0 radical (unpaired) electrons. The van der Waals surface area contributed by atoms with E-state index in [0.29, 0.717) is 24.1 Å². The van der Waals surface area contributed by atoms with Gasteiger partial charge in [0.2, 0.25) is 5.91 Å². The molecule has 7 heteroatoms. The quantitative estimate of drug-likeness (QED) is 0.740. The van der Waals surface area contributed by atoms with E-state index < -0.39 is 5.91 Å². The van der Waals surface area contributed by atoms with Gasteiger partial charge >= 0.3 is 0 Å². The van der Waals surface area contributed by atoms with E-state index in [1.807, 2.05) is 18.7 Å². The molecule has 2 amide bonds. The average Bonchev–Trinajstić information content (AvgIpc) is 3.11. The van der Waals surface area contributed by atoms with Crippen LogP contribution in [0.3, 0.4) is 0 Å². The summed E-state index contributed by atoms with van der Waals surface area (Å²) >= 11 is 0. The number of aryl methyl sites for hydroxylation is 4. The van der Waals surface area contributed by atoms with E-state index in [4.69, 9.17) is 5.73 Å². The van der Waals surface area contributed by atoms with Crippen LogP contribution >= 0.6 is 0 Å². The third-order valence-corrected chi connectivity index (χ3v) is 5.78. The molecule has 150 valence electrons. The van der Waals surface area contributed by atoms with Gasteiger partial charge in [0.25, 0.3) is 5.91 Å². The Hall–Kier alpha value is -3.22. The van der Waals surface area contributed by atoms with E-state index >= 15 is 0 Å². The summed E-state index contributed by atoms with van der Waals surface area (Å²) in [5.41, 5.74) is 12.3. The zero-order chi connectivity index (χ0) is 20.7. The Morgan fingerprint density at radius 1 is 1.21 bits per heavy atom. The number of nitrogens with two attached hydrogens (primary N) is 1. The van der Waals surface area contributed by atoms with Crippen molar-refractivity contribution in [2.45, 2.75) is 46.5 Å². The Labute approximate surface area is 169 Å². The molecule has 0 spiro atoms. The molecular formula is C22H25N5O2. The van der Waals surface area contributed by atoms with E-state index in [-0.39, 0.29) is 5.91 Å². The number of anilines is 1. The van der Waals surface area contributed by atoms with Crippen LogP contribution in [0.2, 0.25) is 0 Å². The number of nitrogens with zero attached hydrogens (tertiary/aromatic N) is 4. The number of hydrogen-bond acceptors (Lipinski definition) is 4. The number of amides is 2. The Bertz CT molecular complexity index is 1130. The fourth-order valence-electron chi connectivity index (χ4n) is 4.31. The zero-order valence-electron chi connectivity index (χ0n) is 17.0. The summed E-state index contributed by atoms with van der Waals surface area (Å²) in [5, 5.41) is 4.26. The molecule has 2 aromatic heterocycles. The van der Waals surface area contributed by atoms with Crippen LogP contribution in [0, 0.1) is 20.8 Å². The third-order valence-electron chi connectivity index (χ3n) is 5.78. The second kappa shape index (κ2) is 7.31. The molecule has 3 heterocycles. The van der Waals surface area contributed by atoms with E-state index in [2.05, 4.69) is 35.2 Å². The fourth-order valence-corrected chi connectivity index (χ4v) is 4.31. The maximum atomic E-state index is 13.1. The van der Waals surface area contributed by atoms with E-state index in [1.165, 1.54) is 11.8 Å². The van der Waals surface area contributed by atoms with Crippen LogP contribution in [-0.2, 0) is 17.6 Å². The molecule has 1 aromatic carbocycles. The first-order valence-electron chi connectivity index (χ1n) is 9.91. The highest BCUT2D eigenvalue weighted by Crippen LogP contribution is 2.31. The maximum Gasteiger partial charge on any atom is 0.254 e. The average molecular weight is 391 g/mol. The Kier molecular flexibility index (Phi) is 4.82. The zero-order valence-corrected chi connectivity index (χ0v) is 17.0. The first-order chi connectivity index (χ1) is 13.9. The van der Waals surface area contributed by atoms with E-state index in [0.717, 1.165) is 47.6 Å². The number of hydrogen-bond donors (Lipinski definition) is 1. The first kappa shape index (κ1) is 19.1. The molecule has 1 aliphatic heterocycles. The molecule has 2 N–H and O–H groups in total. The fraction of sp³-hybridized carbons (Fsp3) is 0.364. The van der Waals surface area contributed by atoms with Crippen LogP contribution in [0.15, 0.2) is 24.4 Å². The maximum absolute atomic E-state index is 13.1. The van der Waals surface area contributed by atoms with Crippen molar-refractivity contribution in [3.63, 3.8) is 0 Å². The standard InChI is InChI=1S/C22H25N5O2/c1-13-6-4-7-16-8-5-11-26(20(13)16)19(28)10-9-17-14(2)25-22-18(21(23)29)12-24-27(22)15(17)3/h4,6-7,12H,5,8-11H2,1-3H3,(H2,23,29). The smallest absolute Gasteiger partial charge is 0.254 e. The normalized spacial score (nSPS) is 13.6. The molecule has 0 bridgehead atoms. The van der Waals surface area contributed by atoms with Gasteiger partial charge in [0.1, 0.15) is 5.56 Å². The largest absolute Gasteiger partial charge is 0.365 e. The molecule has 0 saturated carbocycles. The van der Waals surface area contributed by atoms with Gasteiger partial charge in [0.05, 0.1) is 6.20 Å². The summed E-state index contributed by atoms with van der Waals surface area (Å²) in [6.07, 6.45) is 4.41. The van der Waals surface area contributed by atoms with Crippen LogP contribution in [0.25, 0.3) is 5.65 Å². The van der Waals surface area contributed by atoms with Gasteiger partial charge in [-0.3, -0.25) is 9.59 Å². The van der Waals surface area contributed by atoms with Gasteiger partial charge in [-0.25, -0.2) is 9.50 Å². The molecule has 0 saturated heterocycles. The van der Waals surface area contributed by atoms with Gasteiger partial charge in [0.15, 0.2) is 5.65 Å². The number of carbonyl (C=O) groups excluding carboxylic acids is 2. The number of benzene rings is 1.